The molecule has 10 heteroatoms. The van der Waals surface area contributed by atoms with Crippen molar-refractivity contribution in [1.29, 1.82) is 0 Å². The Morgan fingerprint density at radius 3 is 2.72 bits per heavy atom. The molecule has 2 heterocycles. The van der Waals surface area contributed by atoms with Crippen LogP contribution in [0.3, 0.4) is 0 Å². The lowest BCUT2D eigenvalue weighted by molar-refractivity contribution is 0.0527. The van der Waals surface area contributed by atoms with Gasteiger partial charge in [0.25, 0.3) is 15.9 Å². The number of carbonyl (C=O) groups is 2. The number of benzene rings is 2. The van der Waals surface area contributed by atoms with Crippen LogP contribution in [0.15, 0.2) is 45.7 Å². The maximum Gasteiger partial charge on any atom is 0.340 e. The van der Waals surface area contributed by atoms with Crippen LogP contribution in [0.2, 0.25) is 5.02 Å². The third-order valence-corrected chi connectivity index (χ3v) is 7.00. The molecule has 1 fully saturated rings. The first-order valence-electron chi connectivity index (χ1n) is 10.3. The highest BCUT2D eigenvalue weighted by Gasteiger charge is 2.33. The quantitative estimate of drug-likeness (QED) is 0.663. The minimum absolute atomic E-state index is 0.0267. The molecule has 0 saturated carbocycles. The number of hydrogen-bond donors (Lipinski definition) is 1. The molecule has 168 valence electrons. The first-order chi connectivity index (χ1) is 15.3. The van der Waals surface area contributed by atoms with Crippen molar-refractivity contribution in [2.45, 2.75) is 37.5 Å². The molecule has 2 aromatic rings. The van der Waals surface area contributed by atoms with Gasteiger partial charge in [0.15, 0.2) is 0 Å². The molecule has 4 rings (SSSR count). The first kappa shape index (κ1) is 22.3. The average molecular weight is 476 g/mol. The standard InChI is InChI=1S/C22H22ClN3O5S/c1-2-31-22(28)14-8-5-6-9-17(14)24-21(27)15-12-19-18(13-16(15)23)26-11-7-3-4-10-20(26)25-32(19,29)30/h5-6,8-9,12-13H,2-4,7,10-11H2,1H3,(H,24,27). The van der Waals surface area contributed by atoms with Crippen molar-refractivity contribution in [3.63, 3.8) is 0 Å². The molecular weight excluding hydrogens is 454 g/mol. The van der Waals surface area contributed by atoms with E-state index in [1.54, 1.807) is 25.1 Å². The van der Waals surface area contributed by atoms with Gasteiger partial charge in [-0.3, -0.25) is 4.79 Å². The Morgan fingerprint density at radius 2 is 1.94 bits per heavy atom. The van der Waals surface area contributed by atoms with Gasteiger partial charge in [-0.05, 0) is 44.0 Å². The van der Waals surface area contributed by atoms with Crippen molar-refractivity contribution < 1.29 is 22.7 Å². The average Bonchev–Trinajstić information content (AvgIpc) is 2.98. The van der Waals surface area contributed by atoms with Gasteiger partial charge in [0.2, 0.25) is 0 Å². The van der Waals surface area contributed by atoms with E-state index in [1.807, 2.05) is 4.90 Å². The fourth-order valence-corrected chi connectivity index (χ4v) is 5.35. The Balaban J connectivity index is 1.71. The minimum Gasteiger partial charge on any atom is -0.462 e. The number of anilines is 2. The second-order valence-electron chi connectivity index (χ2n) is 7.46. The number of amides is 1. The van der Waals surface area contributed by atoms with Crippen LogP contribution in [0.5, 0.6) is 0 Å². The molecule has 0 unspecified atom stereocenters. The van der Waals surface area contributed by atoms with Crippen LogP contribution < -0.4 is 10.2 Å². The second kappa shape index (κ2) is 8.91. The number of ether oxygens (including phenoxy) is 1. The lowest BCUT2D eigenvalue weighted by Gasteiger charge is -2.30. The molecule has 1 saturated heterocycles. The van der Waals surface area contributed by atoms with Crippen molar-refractivity contribution in [1.82, 2.24) is 0 Å². The van der Waals surface area contributed by atoms with Crippen LogP contribution in [-0.4, -0.2) is 39.3 Å². The van der Waals surface area contributed by atoms with Crippen LogP contribution in [-0.2, 0) is 14.8 Å². The molecule has 32 heavy (non-hydrogen) atoms. The Morgan fingerprint density at radius 1 is 1.16 bits per heavy atom. The third-order valence-electron chi connectivity index (χ3n) is 5.35. The Labute approximate surface area is 191 Å². The lowest BCUT2D eigenvalue weighted by atomic mass is 10.1. The van der Waals surface area contributed by atoms with Gasteiger partial charge in [-0.2, -0.15) is 8.42 Å². The summed E-state index contributed by atoms with van der Waals surface area (Å²) in [7, 11) is -3.97. The van der Waals surface area contributed by atoms with E-state index < -0.39 is 21.9 Å². The van der Waals surface area contributed by atoms with E-state index >= 15 is 0 Å². The molecule has 2 aliphatic rings. The Kier molecular flexibility index (Phi) is 6.21. The van der Waals surface area contributed by atoms with Crippen LogP contribution in [0.4, 0.5) is 11.4 Å². The molecule has 0 radical (unpaired) electrons. The number of fused-ring (bicyclic) bond motifs is 3. The van der Waals surface area contributed by atoms with Crippen LogP contribution >= 0.6 is 11.6 Å². The maximum atomic E-state index is 13.0. The fraction of sp³-hybridized carbons (Fsp3) is 0.318. The first-order valence-corrected chi connectivity index (χ1v) is 12.2. The van der Waals surface area contributed by atoms with Gasteiger partial charge in [-0.25, -0.2) is 4.79 Å². The summed E-state index contributed by atoms with van der Waals surface area (Å²) in [5, 5.41) is 2.75. The van der Waals surface area contributed by atoms with Crippen molar-refractivity contribution in [3.8, 4) is 0 Å². The van der Waals surface area contributed by atoms with Gasteiger partial charge in [-0.1, -0.05) is 30.2 Å². The zero-order valence-electron chi connectivity index (χ0n) is 17.4. The number of nitrogens with one attached hydrogen (secondary N) is 1. The Bertz CT molecular complexity index is 1230. The van der Waals surface area contributed by atoms with Crippen molar-refractivity contribution in [2.24, 2.45) is 4.40 Å². The van der Waals surface area contributed by atoms with Crippen molar-refractivity contribution in [2.75, 3.05) is 23.4 Å². The molecular formula is C22H22ClN3O5S. The summed E-state index contributed by atoms with van der Waals surface area (Å²) in [4.78, 5) is 27.0. The highest BCUT2D eigenvalue weighted by Crippen LogP contribution is 2.38. The minimum atomic E-state index is -3.97. The molecule has 1 N–H and O–H groups in total. The number of halogens is 1. The highest BCUT2D eigenvalue weighted by molar-refractivity contribution is 7.90. The summed E-state index contributed by atoms with van der Waals surface area (Å²) in [6.07, 6.45) is 3.33. The summed E-state index contributed by atoms with van der Waals surface area (Å²) < 4.78 is 34.7. The van der Waals surface area contributed by atoms with Crippen LogP contribution in [0.25, 0.3) is 0 Å². The predicted octanol–water partition coefficient (Wildman–Crippen LogP) is 4.25. The van der Waals surface area contributed by atoms with Gasteiger partial charge in [-0.15, -0.1) is 4.40 Å². The van der Waals surface area contributed by atoms with Crippen molar-refractivity contribution >= 4 is 50.7 Å². The number of amidine groups is 1. The van der Waals surface area contributed by atoms with Crippen LogP contribution in [0.1, 0.15) is 53.3 Å². The number of carbonyl (C=O) groups excluding carboxylic acids is 2. The molecule has 0 bridgehead atoms. The molecule has 1 amide bonds. The molecule has 0 aliphatic carbocycles. The summed E-state index contributed by atoms with van der Waals surface area (Å²) in [6, 6.07) is 9.15. The van der Waals surface area contributed by atoms with Gasteiger partial charge in [0, 0.05) is 13.0 Å². The molecule has 8 nitrogen and oxygen atoms in total. The number of para-hydroxylation sites is 1. The van der Waals surface area contributed by atoms with E-state index in [0.717, 1.165) is 19.3 Å². The summed E-state index contributed by atoms with van der Waals surface area (Å²) in [6.45, 7) is 2.51. The van der Waals surface area contributed by atoms with Gasteiger partial charge < -0.3 is 15.0 Å². The number of sulfonamides is 1. The monoisotopic (exact) mass is 475 g/mol. The summed E-state index contributed by atoms with van der Waals surface area (Å²) in [5.74, 6) is -0.715. The van der Waals surface area contributed by atoms with E-state index in [-0.39, 0.29) is 33.3 Å². The number of rotatable bonds is 4. The normalized spacial score (nSPS) is 16.8. The molecule has 0 aromatic heterocycles. The zero-order chi connectivity index (χ0) is 22.9. The Hall–Kier alpha value is -2.91. The van der Waals surface area contributed by atoms with E-state index in [9.17, 15) is 18.0 Å². The topological polar surface area (TPSA) is 105 Å². The van der Waals surface area contributed by atoms with Crippen LogP contribution in [0, 0.1) is 0 Å². The van der Waals surface area contributed by atoms with E-state index in [0.29, 0.717) is 24.5 Å². The highest BCUT2D eigenvalue weighted by atomic mass is 35.5. The lowest BCUT2D eigenvalue weighted by Crippen LogP contribution is -2.35. The van der Waals surface area contributed by atoms with E-state index in [4.69, 9.17) is 16.3 Å². The number of hydrogen-bond acceptors (Lipinski definition) is 6. The maximum absolute atomic E-state index is 13.0. The predicted molar refractivity (Wildman–Crippen MR) is 122 cm³/mol. The summed E-state index contributed by atoms with van der Waals surface area (Å²) >= 11 is 6.43. The molecule has 0 atom stereocenters. The van der Waals surface area contributed by atoms with Gasteiger partial charge in [0.1, 0.15) is 10.7 Å². The zero-order valence-corrected chi connectivity index (χ0v) is 19.0. The summed E-state index contributed by atoms with van der Waals surface area (Å²) in [5.41, 5.74) is 0.829. The van der Waals surface area contributed by atoms with E-state index in [1.165, 1.54) is 18.2 Å². The van der Waals surface area contributed by atoms with Gasteiger partial charge >= 0.3 is 5.97 Å². The largest absolute Gasteiger partial charge is 0.462 e. The SMILES string of the molecule is CCOC(=O)c1ccccc1NC(=O)c1cc2c(cc1Cl)N1CCCCCC1=NS2(=O)=O. The number of esters is 1. The van der Waals surface area contributed by atoms with Gasteiger partial charge in [0.05, 0.1) is 34.1 Å². The number of nitrogens with zero attached hydrogens (tertiary/aromatic N) is 2. The molecule has 0 spiro atoms. The molecule has 2 aromatic carbocycles. The smallest absolute Gasteiger partial charge is 0.340 e. The third kappa shape index (κ3) is 4.22. The fourth-order valence-electron chi connectivity index (χ4n) is 3.84. The van der Waals surface area contributed by atoms with Crippen molar-refractivity contribution in [3.05, 3.63) is 52.5 Å². The second-order valence-corrected chi connectivity index (χ2v) is 9.44. The molecule has 2 aliphatic heterocycles. The van der Waals surface area contributed by atoms with E-state index in [2.05, 4.69) is 9.71 Å².